The van der Waals surface area contributed by atoms with Gasteiger partial charge in [-0.05, 0) is 0 Å². The summed E-state index contributed by atoms with van der Waals surface area (Å²) in [6.45, 7) is -1.97. The van der Waals surface area contributed by atoms with Crippen molar-refractivity contribution in [3.8, 4) is 0 Å². The molecule has 0 fully saturated rings. The molecule has 5 heteroatoms. The van der Waals surface area contributed by atoms with Gasteiger partial charge >= 0.3 is 6.18 Å². The number of carbonyl (C=O) groups excluding carboxylic acids is 1. The van der Waals surface area contributed by atoms with Crippen LogP contribution < -0.4 is 0 Å². The minimum atomic E-state index is -5.01. The standard InChI is InChI=1S/C3H2F4O/c4-1-2(8)3(5,6)7/h1H2. The van der Waals surface area contributed by atoms with Gasteiger partial charge in [-0.15, -0.1) is 0 Å². The molecule has 0 aliphatic heterocycles. The molecular weight excluding hydrogens is 128 g/mol. The third kappa shape index (κ3) is 1.90. The molecule has 0 amide bonds. The van der Waals surface area contributed by atoms with Crippen LogP contribution in [0.2, 0.25) is 0 Å². The molecule has 0 rings (SSSR count). The van der Waals surface area contributed by atoms with Crippen LogP contribution in [0, 0.1) is 0 Å². The molecule has 0 aromatic rings. The highest BCUT2D eigenvalue weighted by Crippen LogP contribution is 2.15. The van der Waals surface area contributed by atoms with Gasteiger partial charge in [0.1, 0.15) is 0 Å². The van der Waals surface area contributed by atoms with Crippen LogP contribution >= 0.6 is 0 Å². The highest BCUT2D eigenvalue weighted by Gasteiger charge is 2.37. The van der Waals surface area contributed by atoms with Gasteiger partial charge in [-0.2, -0.15) is 13.2 Å². The van der Waals surface area contributed by atoms with Crippen LogP contribution in [0.25, 0.3) is 0 Å². The molecule has 8 heavy (non-hydrogen) atoms. The van der Waals surface area contributed by atoms with E-state index in [1.54, 1.807) is 0 Å². The zero-order valence-corrected chi connectivity index (χ0v) is 3.63. The fourth-order valence-electron chi connectivity index (χ4n) is 0.0758. The van der Waals surface area contributed by atoms with Crippen molar-refractivity contribution in [2.45, 2.75) is 6.18 Å². The molecule has 0 saturated carbocycles. The van der Waals surface area contributed by atoms with Gasteiger partial charge in [0.2, 0.25) is 0 Å². The van der Waals surface area contributed by atoms with Gasteiger partial charge in [-0.3, -0.25) is 4.79 Å². The Morgan fingerprint density at radius 1 is 1.38 bits per heavy atom. The van der Waals surface area contributed by atoms with Crippen LogP contribution in [-0.4, -0.2) is 18.6 Å². The number of halogens is 4. The summed E-state index contributed by atoms with van der Waals surface area (Å²) in [5.74, 6) is -2.34. The molecule has 0 spiro atoms. The average molecular weight is 130 g/mol. The molecule has 0 aromatic heterocycles. The summed E-state index contributed by atoms with van der Waals surface area (Å²) >= 11 is 0. The monoisotopic (exact) mass is 130 g/mol. The lowest BCUT2D eigenvalue weighted by Crippen LogP contribution is -2.23. The van der Waals surface area contributed by atoms with E-state index in [-0.39, 0.29) is 0 Å². The summed E-state index contributed by atoms with van der Waals surface area (Å²) in [6.07, 6.45) is -5.01. The summed E-state index contributed by atoms with van der Waals surface area (Å²) in [5, 5.41) is 0. The van der Waals surface area contributed by atoms with Gasteiger partial charge in [0.25, 0.3) is 5.78 Å². The Balaban J connectivity index is 3.82. The van der Waals surface area contributed by atoms with Crippen LogP contribution in [0.4, 0.5) is 17.6 Å². The molecule has 48 valence electrons. The lowest BCUT2D eigenvalue weighted by molar-refractivity contribution is -0.171. The van der Waals surface area contributed by atoms with E-state index < -0.39 is 18.6 Å². The SMILES string of the molecule is O=C(CF)C(F)(F)F. The van der Waals surface area contributed by atoms with E-state index in [1.165, 1.54) is 0 Å². The smallest absolute Gasteiger partial charge is 0.287 e. The van der Waals surface area contributed by atoms with Crippen LogP contribution in [0.1, 0.15) is 0 Å². The molecule has 1 nitrogen and oxygen atoms in total. The first-order chi connectivity index (χ1) is 3.48. The Kier molecular flexibility index (Phi) is 1.94. The second kappa shape index (κ2) is 2.11. The number of ketones is 1. The third-order valence-electron chi connectivity index (χ3n) is 0.438. The lowest BCUT2D eigenvalue weighted by atomic mass is 10.4. The van der Waals surface area contributed by atoms with Gasteiger partial charge in [-0.1, -0.05) is 0 Å². The fraction of sp³-hybridized carbons (Fsp3) is 0.667. The predicted molar refractivity (Wildman–Crippen MR) is 17.0 cm³/mol. The summed E-state index contributed by atoms with van der Waals surface area (Å²) < 4.78 is 43.4. The van der Waals surface area contributed by atoms with Crippen LogP contribution in [-0.2, 0) is 4.79 Å². The van der Waals surface area contributed by atoms with Crippen molar-refractivity contribution in [3.05, 3.63) is 0 Å². The molecule has 0 N–H and O–H groups in total. The van der Waals surface area contributed by atoms with Gasteiger partial charge in [0, 0.05) is 0 Å². The van der Waals surface area contributed by atoms with E-state index in [1.807, 2.05) is 0 Å². The zero-order valence-electron chi connectivity index (χ0n) is 3.63. The Labute approximate surface area is 42.3 Å². The van der Waals surface area contributed by atoms with Crippen molar-refractivity contribution in [3.63, 3.8) is 0 Å². The van der Waals surface area contributed by atoms with Crippen molar-refractivity contribution in [1.29, 1.82) is 0 Å². The Morgan fingerprint density at radius 2 is 1.75 bits per heavy atom. The minimum Gasteiger partial charge on any atom is -0.287 e. The summed E-state index contributed by atoms with van der Waals surface area (Å²) in [4.78, 5) is 9.33. The maximum absolute atomic E-state index is 10.9. The van der Waals surface area contributed by atoms with E-state index in [4.69, 9.17) is 0 Å². The Hall–Kier alpha value is -0.610. The number of rotatable bonds is 1. The predicted octanol–water partition coefficient (Wildman–Crippen LogP) is 1.09. The van der Waals surface area contributed by atoms with Gasteiger partial charge in [0.05, 0.1) is 0 Å². The first-order valence-electron chi connectivity index (χ1n) is 1.64. The Morgan fingerprint density at radius 3 is 1.75 bits per heavy atom. The molecular formula is C3H2F4O. The molecule has 0 aliphatic carbocycles. The first-order valence-corrected chi connectivity index (χ1v) is 1.64. The normalized spacial score (nSPS) is 11.5. The van der Waals surface area contributed by atoms with Crippen LogP contribution in [0.3, 0.4) is 0 Å². The van der Waals surface area contributed by atoms with Crippen molar-refractivity contribution < 1.29 is 22.4 Å². The number of alkyl halides is 4. The van der Waals surface area contributed by atoms with E-state index in [9.17, 15) is 22.4 Å². The van der Waals surface area contributed by atoms with Crippen molar-refractivity contribution in [2.75, 3.05) is 6.67 Å². The third-order valence-corrected chi connectivity index (χ3v) is 0.438. The molecule has 0 heterocycles. The van der Waals surface area contributed by atoms with Gasteiger partial charge < -0.3 is 0 Å². The van der Waals surface area contributed by atoms with Crippen LogP contribution in [0.5, 0.6) is 0 Å². The second-order valence-electron chi connectivity index (χ2n) is 1.05. The van der Waals surface area contributed by atoms with E-state index >= 15 is 0 Å². The number of hydrogen-bond donors (Lipinski definition) is 0. The number of hydrogen-bond acceptors (Lipinski definition) is 1. The van der Waals surface area contributed by atoms with Crippen LogP contribution in [0.15, 0.2) is 0 Å². The fourth-order valence-corrected chi connectivity index (χ4v) is 0.0758. The summed E-state index contributed by atoms with van der Waals surface area (Å²) in [5.41, 5.74) is 0. The molecule has 0 aliphatic rings. The number of carbonyl (C=O) groups is 1. The zero-order chi connectivity index (χ0) is 6.78. The molecule has 0 saturated heterocycles. The maximum atomic E-state index is 10.9. The van der Waals surface area contributed by atoms with Gasteiger partial charge in [-0.25, -0.2) is 4.39 Å². The first kappa shape index (κ1) is 7.39. The molecule has 0 atom stereocenters. The van der Waals surface area contributed by atoms with E-state index in [0.29, 0.717) is 0 Å². The minimum absolute atomic E-state index is 1.97. The second-order valence-corrected chi connectivity index (χ2v) is 1.05. The summed E-state index contributed by atoms with van der Waals surface area (Å²) in [7, 11) is 0. The van der Waals surface area contributed by atoms with E-state index in [0.717, 1.165) is 0 Å². The molecule has 0 aromatic carbocycles. The van der Waals surface area contributed by atoms with Crippen molar-refractivity contribution >= 4 is 5.78 Å². The number of Topliss-reactive ketones (excluding diaryl/α,β-unsaturated/α-hetero) is 1. The summed E-state index contributed by atoms with van der Waals surface area (Å²) in [6, 6.07) is 0. The van der Waals surface area contributed by atoms with Gasteiger partial charge in [0.15, 0.2) is 6.67 Å². The highest BCUT2D eigenvalue weighted by atomic mass is 19.4. The van der Waals surface area contributed by atoms with E-state index in [2.05, 4.69) is 0 Å². The lowest BCUT2D eigenvalue weighted by Gasteiger charge is -1.97. The Bertz CT molecular complexity index is 93.9. The highest BCUT2D eigenvalue weighted by molar-refractivity contribution is 5.84. The maximum Gasteiger partial charge on any atom is 0.452 e. The van der Waals surface area contributed by atoms with Crippen molar-refractivity contribution in [1.82, 2.24) is 0 Å². The average Bonchev–Trinajstić information content (AvgIpc) is 1.62. The molecule has 0 radical (unpaired) electrons. The topological polar surface area (TPSA) is 17.1 Å². The largest absolute Gasteiger partial charge is 0.452 e. The quantitative estimate of drug-likeness (QED) is 0.485. The molecule has 0 unspecified atom stereocenters. The molecule has 0 bridgehead atoms. The van der Waals surface area contributed by atoms with Crippen molar-refractivity contribution in [2.24, 2.45) is 0 Å².